The number of hydrogen-bond acceptors (Lipinski definition) is 7. The molecular weight excluding hydrogens is 306 g/mol. The highest BCUT2D eigenvalue weighted by Gasteiger charge is 2.28. The summed E-state index contributed by atoms with van der Waals surface area (Å²) in [4.78, 5) is 9.38. The lowest BCUT2D eigenvalue weighted by molar-refractivity contribution is 0.0833. The van der Waals surface area contributed by atoms with E-state index in [0.29, 0.717) is 5.89 Å². The van der Waals surface area contributed by atoms with Gasteiger partial charge < -0.3 is 9.05 Å². The lowest BCUT2D eigenvalue weighted by Gasteiger charge is -2.36. The zero-order chi connectivity index (χ0) is 17.3. The van der Waals surface area contributed by atoms with Gasteiger partial charge in [-0.25, -0.2) is 0 Å². The van der Waals surface area contributed by atoms with Gasteiger partial charge in [-0.15, -0.1) is 0 Å². The van der Waals surface area contributed by atoms with Crippen LogP contribution in [0.5, 0.6) is 0 Å². The summed E-state index contributed by atoms with van der Waals surface area (Å²) in [5, 5.41) is 8.21. The molecule has 3 heterocycles. The minimum absolute atomic E-state index is 0.0874. The standard InChI is InChI=1S/C17H27N5O2/c1-12-10-14(19-23-12)11-21-6-8-22(9-7-21)13(2)15-18-16(20-24-15)17(3,4)5/h10,13H,6-9,11H2,1-5H3. The van der Waals surface area contributed by atoms with E-state index in [-0.39, 0.29) is 11.5 Å². The van der Waals surface area contributed by atoms with Gasteiger partial charge in [0.25, 0.3) is 0 Å². The van der Waals surface area contributed by atoms with Crippen LogP contribution in [0.25, 0.3) is 0 Å². The van der Waals surface area contributed by atoms with Crippen LogP contribution in [-0.2, 0) is 12.0 Å². The fourth-order valence-corrected chi connectivity index (χ4v) is 2.90. The molecule has 0 spiro atoms. The third kappa shape index (κ3) is 3.84. The summed E-state index contributed by atoms with van der Waals surface area (Å²) in [7, 11) is 0. The maximum absolute atomic E-state index is 5.49. The SMILES string of the molecule is Cc1cc(CN2CCN(C(C)c3nc(C(C)(C)C)no3)CC2)no1. The van der Waals surface area contributed by atoms with E-state index in [1.54, 1.807) is 0 Å². The van der Waals surface area contributed by atoms with Crippen LogP contribution < -0.4 is 0 Å². The van der Waals surface area contributed by atoms with Gasteiger partial charge in [-0.05, 0) is 13.8 Å². The van der Waals surface area contributed by atoms with E-state index in [0.717, 1.165) is 50.0 Å². The number of aryl methyl sites for hydroxylation is 1. The average Bonchev–Trinajstić information content (AvgIpc) is 3.16. The van der Waals surface area contributed by atoms with E-state index in [4.69, 9.17) is 9.05 Å². The Morgan fingerprint density at radius 2 is 1.83 bits per heavy atom. The molecule has 0 aliphatic carbocycles. The monoisotopic (exact) mass is 333 g/mol. The third-order valence-corrected chi connectivity index (χ3v) is 4.49. The molecule has 7 heteroatoms. The minimum Gasteiger partial charge on any atom is -0.361 e. The first-order chi connectivity index (χ1) is 11.3. The molecule has 0 radical (unpaired) electrons. The van der Waals surface area contributed by atoms with Crippen molar-refractivity contribution < 1.29 is 9.05 Å². The first-order valence-electron chi connectivity index (χ1n) is 8.55. The molecule has 1 unspecified atom stereocenters. The van der Waals surface area contributed by atoms with Gasteiger partial charge >= 0.3 is 0 Å². The van der Waals surface area contributed by atoms with Crippen molar-refractivity contribution in [3.63, 3.8) is 0 Å². The highest BCUT2D eigenvalue weighted by Crippen LogP contribution is 2.24. The molecule has 1 fully saturated rings. The Kier molecular flexibility index (Phi) is 4.73. The normalized spacial score (nSPS) is 18.9. The first kappa shape index (κ1) is 17.1. The Morgan fingerprint density at radius 1 is 1.12 bits per heavy atom. The van der Waals surface area contributed by atoms with E-state index < -0.39 is 0 Å². The quantitative estimate of drug-likeness (QED) is 0.851. The number of rotatable bonds is 4. The van der Waals surface area contributed by atoms with Crippen molar-refractivity contribution in [2.24, 2.45) is 0 Å². The Hall–Kier alpha value is -1.73. The van der Waals surface area contributed by atoms with E-state index in [9.17, 15) is 0 Å². The molecule has 2 aromatic heterocycles. The Bertz CT molecular complexity index is 665. The fraction of sp³-hybridized carbons (Fsp3) is 0.706. The second kappa shape index (κ2) is 6.64. The summed E-state index contributed by atoms with van der Waals surface area (Å²) in [6.07, 6.45) is 0. The predicted molar refractivity (Wildman–Crippen MR) is 89.5 cm³/mol. The average molecular weight is 333 g/mol. The third-order valence-electron chi connectivity index (χ3n) is 4.49. The second-order valence-corrected chi connectivity index (χ2v) is 7.62. The smallest absolute Gasteiger partial charge is 0.243 e. The van der Waals surface area contributed by atoms with E-state index >= 15 is 0 Å². The van der Waals surface area contributed by atoms with Crippen LogP contribution in [0.2, 0.25) is 0 Å². The van der Waals surface area contributed by atoms with Crippen LogP contribution in [0.4, 0.5) is 0 Å². The molecule has 1 aliphatic heterocycles. The Morgan fingerprint density at radius 3 is 2.38 bits per heavy atom. The second-order valence-electron chi connectivity index (χ2n) is 7.62. The Balaban J connectivity index is 1.55. The summed E-state index contributed by atoms with van der Waals surface area (Å²) in [5.74, 6) is 2.34. The maximum Gasteiger partial charge on any atom is 0.243 e. The number of nitrogens with zero attached hydrogens (tertiary/aromatic N) is 5. The van der Waals surface area contributed by atoms with Crippen LogP contribution in [0, 0.1) is 6.92 Å². The van der Waals surface area contributed by atoms with Crippen LogP contribution in [-0.4, -0.2) is 51.3 Å². The van der Waals surface area contributed by atoms with Gasteiger partial charge in [0.05, 0.1) is 11.7 Å². The summed E-state index contributed by atoms with van der Waals surface area (Å²) in [6.45, 7) is 15.1. The summed E-state index contributed by atoms with van der Waals surface area (Å²) >= 11 is 0. The van der Waals surface area contributed by atoms with Crippen molar-refractivity contribution in [2.75, 3.05) is 26.2 Å². The van der Waals surface area contributed by atoms with Crippen molar-refractivity contribution in [2.45, 2.75) is 52.6 Å². The van der Waals surface area contributed by atoms with Crippen LogP contribution in [0.15, 0.2) is 15.1 Å². The molecule has 24 heavy (non-hydrogen) atoms. The summed E-state index contributed by atoms with van der Waals surface area (Å²) in [6, 6.07) is 2.15. The van der Waals surface area contributed by atoms with Crippen molar-refractivity contribution >= 4 is 0 Å². The predicted octanol–water partition coefficient (Wildman–Crippen LogP) is 2.54. The first-order valence-corrected chi connectivity index (χ1v) is 8.55. The van der Waals surface area contributed by atoms with Crippen LogP contribution >= 0.6 is 0 Å². The molecule has 0 bridgehead atoms. The lowest BCUT2D eigenvalue weighted by Crippen LogP contribution is -2.46. The summed E-state index contributed by atoms with van der Waals surface area (Å²) < 4.78 is 10.6. The largest absolute Gasteiger partial charge is 0.361 e. The summed E-state index contributed by atoms with van der Waals surface area (Å²) in [5.41, 5.74) is 0.913. The maximum atomic E-state index is 5.49. The van der Waals surface area contributed by atoms with Gasteiger partial charge in [-0.2, -0.15) is 4.98 Å². The van der Waals surface area contributed by atoms with Crippen molar-refractivity contribution in [3.05, 3.63) is 29.2 Å². The molecular formula is C17H27N5O2. The highest BCUT2D eigenvalue weighted by atomic mass is 16.5. The molecule has 2 aromatic rings. The van der Waals surface area contributed by atoms with E-state index in [2.05, 4.69) is 52.8 Å². The van der Waals surface area contributed by atoms with Crippen LogP contribution in [0.1, 0.15) is 56.9 Å². The zero-order valence-corrected chi connectivity index (χ0v) is 15.2. The number of hydrogen-bond donors (Lipinski definition) is 0. The molecule has 0 amide bonds. The highest BCUT2D eigenvalue weighted by molar-refractivity contribution is 5.04. The fourth-order valence-electron chi connectivity index (χ4n) is 2.90. The van der Waals surface area contributed by atoms with Crippen molar-refractivity contribution in [1.29, 1.82) is 0 Å². The molecule has 7 nitrogen and oxygen atoms in total. The molecule has 1 aliphatic rings. The van der Waals surface area contributed by atoms with Gasteiger partial charge in [0.2, 0.25) is 5.89 Å². The molecule has 0 saturated carbocycles. The minimum atomic E-state index is -0.0874. The molecule has 1 atom stereocenters. The molecule has 0 aromatic carbocycles. The van der Waals surface area contributed by atoms with Crippen LogP contribution in [0.3, 0.4) is 0 Å². The topological polar surface area (TPSA) is 71.4 Å². The zero-order valence-electron chi connectivity index (χ0n) is 15.2. The molecule has 132 valence electrons. The molecule has 3 rings (SSSR count). The Labute approximate surface area is 143 Å². The van der Waals surface area contributed by atoms with Gasteiger partial charge in [0, 0.05) is 44.2 Å². The lowest BCUT2D eigenvalue weighted by atomic mass is 9.96. The number of piperazine rings is 1. The van der Waals surface area contributed by atoms with E-state index in [1.807, 2.05) is 13.0 Å². The van der Waals surface area contributed by atoms with Gasteiger partial charge in [-0.3, -0.25) is 9.80 Å². The van der Waals surface area contributed by atoms with Gasteiger partial charge in [-0.1, -0.05) is 31.1 Å². The number of aromatic nitrogens is 3. The molecule has 1 saturated heterocycles. The molecule has 0 N–H and O–H groups in total. The van der Waals surface area contributed by atoms with E-state index in [1.165, 1.54) is 0 Å². The van der Waals surface area contributed by atoms with Crippen molar-refractivity contribution in [1.82, 2.24) is 25.1 Å². The van der Waals surface area contributed by atoms with Gasteiger partial charge in [0.15, 0.2) is 5.82 Å². The van der Waals surface area contributed by atoms with Crippen molar-refractivity contribution in [3.8, 4) is 0 Å². The van der Waals surface area contributed by atoms with Gasteiger partial charge in [0.1, 0.15) is 5.76 Å².